The molecule has 8 rings (SSSR count). The first-order valence-corrected chi connectivity index (χ1v) is 13.2. The molecular weight excluding hydrogens is 468 g/mol. The van der Waals surface area contributed by atoms with Crippen LogP contribution in [0, 0.1) is 18.3 Å². The largest absolute Gasteiger partial charge is 0.482 e. The van der Waals surface area contributed by atoms with Gasteiger partial charge in [-0.15, -0.1) is 0 Å². The lowest BCUT2D eigenvalue weighted by molar-refractivity contribution is -0.117. The molecule has 0 aromatic carbocycles. The first-order chi connectivity index (χ1) is 17.8. The normalized spacial score (nSPS) is 22.9. The third kappa shape index (κ3) is 3.39. The van der Waals surface area contributed by atoms with Crippen molar-refractivity contribution in [3.8, 4) is 17.3 Å². The smallest absolute Gasteiger partial charge is 0.317 e. The number of hydrogen-bond acceptors (Lipinski definition) is 4. The third-order valence-electron chi connectivity index (χ3n) is 8.77. The number of fused-ring (bicyclic) bond motifs is 2. The zero-order valence-electron chi connectivity index (χ0n) is 21.5. The summed E-state index contributed by atoms with van der Waals surface area (Å²) < 4.78 is 9.83. The van der Waals surface area contributed by atoms with Crippen LogP contribution in [0.25, 0.3) is 28.1 Å². The highest BCUT2D eigenvalue weighted by molar-refractivity contribution is 5.85. The molecule has 0 radical (unpaired) electrons. The number of aromatic amines is 1. The van der Waals surface area contributed by atoms with Crippen molar-refractivity contribution in [1.29, 1.82) is 0 Å². The average Bonchev–Trinajstić information content (AvgIpc) is 3.30. The maximum atomic E-state index is 12.5. The van der Waals surface area contributed by atoms with Gasteiger partial charge in [0.25, 0.3) is 0 Å². The number of imidazole rings is 1. The summed E-state index contributed by atoms with van der Waals surface area (Å²) in [4.78, 5) is 35.2. The number of carbonyl (C=O) groups is 1. The summed E-state index contributed by atoms with van der Waals surface area (Å²) in [7, 11) is 1.58. The minimum Gasteiger partial charge on any atom is -0.482 e. The van der Waals surface area contributed by atoms with E-state index >= 15 is 0 Å². The standard InChI is InChI=1S/C28H32N6O3/c1-16(29-27(36)32-7-4-8-32)21-6-5-19-9-22(33(26(19)30-21)15-28-12-18(13-28)14-28)25-17(2)34-23(31-25)10-20(35)11-24(34)37-3/h5-6,9-11,16,18,31H,4,7-8,12-15H2,1-3H3,(H,29,36)/t16-,18?,28?/m1/s1. The van der Waals surface area contributed by atoms with Crippen LogP contribution in [0.4, 0.5) is 4.79 Å². The fourth-order valence-electron chi connectivity index (χ4n) is 6.52. The Morgan fingerprint density at radius 3 is 2.68 bits per heavy atom. The van der Waals surface area contributed by atoms with Crippen molar-refractivity contribution in [1.82, 2.24) is 29.2 Å². The number of rotatable bonds is 6. The van der Waals surface area contributed by atoms with Crippen LogP contribution in [0.15, 0.2) is 35.1 Å². The molecule has 4 fully saturated rings. The van der Waals surface area contributed by atoms with E-state index in [1.54, 1.807) is 13.2 Å². The van der Waals surface area contributed by atoms with Crippen molar-refractivity contribution in [2.24, 2.45) is 11.3 Å². The lowest BCUT2D eigenvalue weighted by atomic mass is 9.44. The quantitative estimate of drug-likeness (QED) is 0.414. The number of likely N-dealkylation sites (tertiary alicyclic amines) is 1. The first kappa shape index (κ1) is 22.4. The van der Waals surface area contributed by atoms with E-state index in [-0.39, 0.29) is 17.5 Å². The number of methoxy groups -OCH3 is 1. The Bertz CT molecular complexity index is 1610. The summed E-state index contributed by atoms with van der Waals surface area (Å²) in [6.07, 6.45) is 4.91. The van der Waals surface area contributed by atoms with Crippen LogP contribution >= 0.6 is 0 Å². The fraction of sp³-hybridized carbons (Fsp3) is 0.464. The molecule has 5 heterocycles. The molecule has 1 atom stereocenters. The Morgan fingerprint density at radius 2 is 2.03 bits per heavy atom. The van der Waals surface area contributed by atoms with Gasteiger partial charge < -0.3 is 24.5 Å². The van der Waals surface area contributed by atoms with Crippen LogP contribution in [0.5, 0.6) is 5.88 Å². The SMILES string of the molecule is COc1cc(=O)cc2[nH]c(-c3cc4ccc([C@@H](C)NC(=O)N5CCC5)nc4n3CC34CC(C3)C4)c(C)n12. The Labute approximate surface area is 214 Å². The van der Waals surface area contributed by atoms with Crippen molar-refractivity contribution in [2.75, 3.05) is 20.2 Å². The topological polar surface area (TPSA) is 96.7 Å². The summed E-state index contributed by atoms with van der Waals surface area (Å²) in [5.41, 5.74) is 5.73. The first-order valence-electron chi connectivity index (χ1n) is 13.2. The second-order valence-electron chi connectivity index (χ2n) is 11.3. The number of ether oxygens (including phenoxy) is 1. The molecule has 2 amide bonds. The number of H-pyrrole nitrogens is 1. The molecule has 4 aromatic rings. The van der Waals surface area contributed by atoms with Crippen LogP contribution in [-0.4, -0.2) is 50.1 Å². The Balaban J connectivity index is 1.34. The van der Waals surface area contributed by atoms with Gasteiger partial charge in [-0.05, 0) is 69.1 Å². The summed E-state index contributed by atoms with van der Waals surface area (Å²) in [6, 6.07) is 9.20. The minimum atomic E-state index is -0.190. The van der Waals surface area contributed by atoms with Crippen LogP contribution in [0.3, 0.4) is 0 Å². The van der Waals surface area contributed by atoms with Crippen LogP contribution in [0.1, 0.15) is 50.0 Å². The molecular formula is C28H32N6O3. The lowest BCUT2D eigenvalue weighted by Crippen LogP contribution is -2.54. The summed E-state index contributed by atoms with van der Waals surface area (Å²) in [5, 5.41) is 4.17. The van der Waals surface area contributed by atoms with E-state index in [2.05, 4.69) is 27.0 Å². The predicted molar refractivity (Wildman–Crippen MR) is 141 cm³/mol. The molecule has 192 valence electrons. The van der Waals surface area contributed by atoms with E-state index in [0.29, 0.717) is 16.9 Å². The van der Waals surface area contributed by atoms with Gasteiger partial charge in [-0.2, -0.15) is 0 Å². The number of nitrogens with zero attached hydrogens (tertiary/aromatic N) is 4. The van der Waals surface area contributed by atoms with E-state index in [4.69, 9.17) is 9.72 Å². The van der Waals surface area contributed by atoms with Gasteiger partial charge in [0, 0.05) is 37.2 Å². The minimum absolute atomic E-state index is 0.0250. The fourth-order valence-corrected chi connectivity index (χ4v) is 6.52. The molecule has 2 N–H and O–H groups in total. The van der Waals surface area contributed by atoms with Gasteiger partial charge in [0.05, 0.1) is 35.9 Å². The zero-order chi connectivity index (χ0) is 25.5. The number of carbonyl (C=O) groups excluding carboxylic acids is 1. The molecule has 37 heavy (non-hydrogen) atoms. The molecule has 9 nitrogen and oxygen atoms in total. The number of aromatic nitrogens is 4. The Morgan fingerprint density at radius 1 is 1.24 bits per heavy atom. The second kappa shape index (κ2) is 7.87. The van der Waals surface area contributed by atoms with E-state index in [0.717, 1.165) is 65.8 Å². The molecule has 4 aliphatic rings. The van der Waals surface area contributed by atoms with Crippen molar-refractivity contribution in [3.63, 3.8) is 0 Å². The number of nitrogens with one attached hydrogen (secondary N) is 2. The molecule has 1 aliphatic heterocycles. The number of hydrogen-bond donors (Lipinski definition) is 2. The highest BCUT2D eigenvalue weighted by Gasteiger charge is 2.56. The second-order valence-corrected chi connectivity index (χ2v) is 11.3. The van der Waals surface area contributed by atoms with Crippen LogP contribution in [0.2, 0.25) is 0 Å². The molecule has 4 aromatic heterocycles. The van der Waals surface area contributed by atoms with Crippen molar-refractivity contribution in [3.05, 3.63) is 51.9 Å². The average molecular weight is 501 g/mol. The maximum absolute atomic E-state index is 12.5. The van der Waals surface area contributed by atoms with Gasteiger partial charge in [0.15, 0.2) is 5.43 Å². The Hall–Kier alpha value is -3.75. The Kier molecular flexibility index (Phi) is 4.78. The van der Waals surface area contributed by atoms with Crippen molar-refractivity contribution < 1.29 is 9.53 Å². The van der Waals surface area contributed by atoms with Crippen LogP contribution < -0.4 is 15.5 Å². The summed E-state index contributed by atoms with van der Waals surface area (Å²) in [6.45, 7) is 6.59. The zero-order valence-corrected chi connectivity index (χ0v) is 21.5. The molecule has 0 unspecified atom stereocenters. The maximum Gasteiger partial charge on any atom is 0.317 e. The monoisotopic (exact) mass is 500 g/mol. The highest BCUT2D eigenvalue weighted by Crippen LogP contribution is 2.65. The van der Waals surface area contributed by atoms with Gasteiger partial charge >= 0.3 is 6.03 Å². The van der Waals surface area contributed by atoms with Gasteiger partial charge in [0.1, 0.15) is 11.3 Å². The van der Waals surface area contributed by atoms with E-state index in [1.807, 2.05) is 29.2 Å². The number of urea groups is 1. The highest BCUT2D eigenvalue weighted by atomic mass is 16.5. The summed E-state index contributed by atoms with van der Waals surface area (Å²) in [5.74, 6) is 1.40. The van der Waals surface area contributed by atoms with Crippen LogP contribution in [-0.2, 0) is 6.54 Å². The molecule has 3 saturated carbocycles. The molecule has 3 aliphatic carbocycles. The predicted octanol–water partition coefficient (Wildman–Crippen LogP) is 4.24. The lowest BCUT2D eigenvalue weighted by Gasteiger charge is -2.62. The van der Waals surface area contributed by atoms with Gasteiger partial charge in [0.2, 0.25) is 5.88 Å². The molecule has 1 saturated heterocycles. The van der Waals surface area contributed by atoms with Gasteiger partial charge in [-0.3, -0.25) is 9.20 Å². The number of amides is 2. The van der Waals surface area contributed by atoms with Crippen molar-refractivity contribution in [2.45, 2.75) is 52.1 Å². The van der Waals surface area contributed by atoms with Crippen molar-refractivity contribution >= 4 is 22.7 Å². The van der Waals surface area contributed by atoms with Gasteiger partial charge in [-0.25, -0.2) is 9.78 Å². The number of pyridine rings is 2. The van der Waals surface area contributed by atoms with E-state index in [1.165, 1.54) is 25.3 Å². The van der Waals surface area contributed by atoms with E-state index in [9.17, 15) is 9.59 Å². The molecule has 2 bridgehead atoms. The molecule has 9 heteroatoms. The molecule has 0 spiro atoms. The van der Waals surface area contributed by atoms with E-state index < -0.39 is 0 Å². The summed E-state index contributed by atoms with van der Waals surface area (Å²) >= 11 is 0. The number of aryl methyl sites for hydroxylation is 1. The van der Waals surface area contributed by atoms with Gasteiger partial charge in [-0.1, -0.05) is 0 Å². The third-order valence-corrected chi connectivity index (χ3v) is 8.77.